The molecule has 0 saturated heterocycles. The first-order valence-corrected chi connectivity index (χ1v) is 13.6. The largest absolute Gasteiger partial charge is 0.385 e. The lowest BCUT2D eigenvalue weighted by Crippen LogP contribution is -2.60. The summed E-state index contributed by atoms with van der Waals surface area (Å²) in [6.45, 7) is 7.70. The van der Waals surface area contributed by atoms with Gasteiger partial charge in [-0.15, -0.1) is 0 Å². The monoisotopic (exact) mass is 403 g/mol. The molecular weight excluding hydrogens is 370 g/mol. The van der Waals surface area contributed by atoms with Crippen molar-refractivity contribution in [1.29, 1.82) is 0 Å². The Kier molecular flexibility index (Phi) is 7.81. The second kappa shape index (κ2) is 10.5. The van der Waals surface area contributed by atoms with Crippen LogP contribution in [0.4, 0.5) is 0 Å². The van der Waals surface area contributed by atoms with E-state index in [4.69, 9.17) is 4.74 Å². The van der Waals surface area contributed by atoms with E-state index in [1.807, 2.05) is 7.11 Å². The van der Waals surface area contributed by atoms with Crippen LogP contribution in [0.5, 0.6) is 0 Å². The van der Waals surface area contributed by atoms with Crippen LogP contribution >= 0.6 is 0 Å². The van der Waals surface area contributed by atoms with E-state index in [0.29, 0.717) is 5.67 Å². The topological polar surface area (TPSA) is 12.5 Å². The maximum Gasteiger partial charge on any atom is 0.0988 e. The van der Waals surface area contributed by atoms with Crippen molar-refractivity contribution in [1.82, 2.24) is 4.90 Å². The number of benzene rings is 3. The highest BCUT2D eigenvalue weighted by Crippen LogP contribution is 2.23. The van der Waals surface area contributed by atoms with E-state index in [0.717, 1.165) is 26.1 Å². The van der Waals surface area contributed by atoms with Gasteiger partial charge in [0, 0.05) is 32.5 Å². The van der Waals surface area contributed by atoms with Gasteiger partial charge >= 0.3 is 0 Å². The molecule has 1 atom stereocenters. The predicted octanol–water partition coefficient (Wildman–Crippen LogP) is 5.25. The van der Waals surface area contributed by atoms with Gasteiger partial charge in [0.25, 0.3) is 0 Å². The lowest BCUT2D eigenvalue weighted by molar-refractivity contribution is 0.149. The van der Waals surface area contributed by atoms with Crippen molar-refractivity contribution in [2.75, 3.05) is 13.7 Å². The summed E-state index contributed by atoms with van der Waals surface area (Å²) in [5, 5.41) is 1.51. The van der Waals surface area contributed by atoms with Crippen molar-refractivity contribution in [3.05, 3.63) is 102 Å². The van der Waals surface area contributed by atoms with Gasteiger partial charge in [-0.3, -0.25) is 4.90 Å². The molecule has 0 radical (unpaired) electrons. The zero-order valence-electron chi connectivity index (χ0n) is 17.9. The Morgan fingerprint density at radius 2 is 1.17 bits per heavy atom. The van der Waals surface area contributed by atoms with Gasteiger partial charge in [-0.2, -0.15) is 0 Å². The quantitative estimate of drug-likeness (QED) is 0.429. The molecule has 29 heavy (non-hydrogen) atoms. The van der Waals surface area contributed by atoms with Gasteiger partial charge < -0.3 is 4.74 Å². The van der Waals surface area contributed by atoms with Crippen LogP contribution in [0.15, 0.2) is 91.0 Å². The van der Waals surface area contributed by atoms with Crippen LogP contribution < -0.4 is 5.19 Å². The summed E-state index contributed by atoms with van der Waals surface area (Å²) >= 11 is 0. The Hall–Kier alpha value is -2.20. The summed E-state index contributed by atoms with van der Waals surface area (Å²) in [5.74, 6) is 0. The third-order valence-electron chi connectivity index (χ3n) is 5.84. The molecule has 0 aliphatic heterocycles. The Morgan fingerprint density at radius 3 is 1.62 bits per heavy atom. The molecular formula is C26H33NOSi. The van der Waals surface area contributed by atoms with Gasteiger partial charge in [0.1, 0.15) is 0 Å². The van der Waals surface area contributed by atoms with E-state index in [1.165, 1.54) is 16.3 Å². The fourth-order valence-corrected chi connectivity index (χ4v) is 7.57. The molecule has 3 rings (SSSR count). The molecule has 0 saturated carbocycles. The minimum absolute atomic E-state index is 0.477. The number of ether oxygens (including phenoxy) is 1. The molecule has 0 amide bonds. The second-order valence-corrected chi connectivity index (χ2v) is 12.9. The first-order valence-electron chi connectivity index (χ1n) is 10.5. The van der Waals surface area contributed by atoms with Crippen LogP contribution in [0, 0.1) is 0 Å². The molecule has 1 unspecified atom stereocenters. The van der Waals surface area contributed by atoms with Crippen molar-refractivity contribution in [2.24, 2.45) is 0 Å². The number of hydrogen-bond donors (Lipinski definition) is 0. The van der Waals surface area contributed by atoms with E-state index in [-0.39, 0.29) is 0 Å². The molecule has 0 heterocycles. The lowest BCUT2D eigenvalue weighted by atomic mass is 10.1. The number of rotatable bonds is 10. The minimum Gasteiger partial charge on any atom is -0.385 e. The van der Waals surface area contributed by atoms with Gasteiger partial charge in [0.2, 0.25) is 0 Å². The van der Waals surface area contributed by atoms with Gasteiger partial charge in [-0.05, 0) is 17.5 Å². The Bertz CT molecular complexity index is 795. The number of methoxy groups -OCH3 is 1. The average Bonchev–Trinajstić information content (AvgIpc) is 2.76. The summed E-state index contributed by atoms with van der Waals surface area (Å²) < 4.78 is 5.55. The molecule has 2 nitrogen and oxygen atoms in total. The summed E-state index contributed by atoms with van der Waals surface area (Å²) in [6, 6.07) is 32.8. The summed E-state index contributed by atoms with van der Waals surface area (Å²) in [6.07, 6.45) is 1.05. The van der Waals surface area contributed by atoms with E-state index in [1.54, 1.807) is 0 Å². The maximum absolute atomic E-state index is 5.55. The molecule has 0 aliphatic rings. The van der Waals surface area contributed by atoms with E-state index in [2.05, 4.69) is 109 Å². The zero-order chi connectivity index (χ0) is 20.5. The zero-order valence-corrected chi connectivity index (χ0v) is 18.9. The van der Waals surface area contributed by atoms with Crippen molar-refractivity contribution in [3.8, 4) is 0 Å². The second-order valence-electron chi connectivity index (χ2n) is 8.26. The van der Waals surface area contributed by atoms with Crippen LogP contribution in [0.1, 0.15) is 17.5 Å². The predicted molar refractivity (Wildman–Crippen MR) is 126 cm³/mol. The maximum atomic E-state index is 5.55. The van der Waals surface area contributed by atoms with Crippen molar-refractivity contribution < 1.29 is 4.74 Å². The highest BCUT2D eigenvalue weighted by atomic mass is 28.3. The molecule has 3 aromatic rings. The molecule has 152 valence electrons. The van der Waals surface area contributed by atoms with Crippen LogP contribution in [-0.2, 0) is 17.8 Å². The molecule has 0 aliphatic carbocycles. The summed E-state index contributed by atoms with van der Waals surface area (Å²) in [7, 11) is 0.0414. The van der Waals surface area contributed by atoms with Crippen LogP contribution in [0.25, 0.3) is 0 Å². The highest BCUT2D eigenvalue weighted by Gasteiger charge is 2.37. The van der Waals surface area contributed by atoms with Crippen molar-refractivity contribution >= 4 is 13.3 Å². The van der Waals surface area contributed by atoms with E-state index >= 15 is 0 Å². The Labute approximate surface area is 177 Å². The standard InChI is InChI=1S/C26H33NOSi/c1-28-20-19-26(29(2,3)25-17-11-6-12-18-25)27(21-23-13-7-4-8-14-23)22-24-15-9-5-10-16-24/h4-18,26H,19-22H2,1-3H3. The first kappa shape index (κ1) is 21.5. The third-order valence-corrected chi connectivity index (χ3v) is 9.99. The average molecular weight is 404 g/mol. The minimum atomic E-state index is -1.77. The molecule has 3 heteroatoms. The normalized spacial score (nSPS) is 12.8. The molecule has 3 aromatic carbocycles. The highest BCUT2D eigenvalue weighted by molar-refractivity contribution is 6.91. The van der Waals surface area contributed by atoms with Crippen LogP contribution in [-0.4, -0.2) is 32.4 Å². The molecule has 0 bridgehead atoms. The molecule has 0 aromatic heterocycles. The van der Waals surface area contributed by atoms with Crippen LogP contribution in [0.2, 0.25) is 13.1 Å². The smallest absolute Gasteiger partial charge is 0.0988 e. The van der Waals surface area contributed by atoms with Gasteiger partial charge in [0.15, 0.2) is 0 Å². The number of hydrogen-bond acceptors (Lipinski definition) is 2. The first-order chi connectivity index (χ1) is 14.1. The van der Waals surface area contributed by atoms with Gasteiger partial charge in [-0.25, -0.2) is 0 Å². The summed E-state index contributed by atoms with van der Waals surface area (Å²) in [5.41, 5.74) is 3.21. The van der Waals surface area contributed by atoms with Crippen molar-refractivity contribution in [2.45, 2.75) is 38.3 Å². The number of nitrogens with zero attached hydrogens (tertiary/aromatic N) is 1. The Morgan fingerprint density at radius 1 is 0.724 bits per heavy atom. The van der Waals surface area contributed by atoms with Gasteiger partial charge in [0.05, 0.1) is 8.07 Å². The molecule has 0 spiro atoms. The summed E-state index contributed by atoms with van der Waals surface area (Å²) in [4.78, 5) is 2.68. The van der Waals surface area contributed by atoms with Crippen molar-refractivity contribution in [3.63, 3.8) is 0 Å². The molecule has 0 fully saturated rings. The lowest BCUT2D eigenvalue weighted by Gasteiger charge is -2.42. The molecule has 0 N–H and O–H groups in total. The Balaban J connectivity index is 1.96. The van der Waals surface area contributed by atoms with Crippen LogP contribution in [0.3, 0.4) is 0 Å². The van der Waals surface area contributed by atoms with E-state index < -0.39 is 8.07 Å². The SMILES string of the molecule is COCCC(N(Cc1ccccc1)Cc1ccccc1)[Si](C)(C)c1ccccc1. The van der Waals surface area contributed by atoms with Gasteiger partial charge in [-0.1, -0.05) is 109 Å². The fourth-order valence-electron chi connectivity index (χ4n) is 4.20. The third kappa shape index (κ3) is 5.89. The fraction of sp³-hybridized carbons (Fsp3) is 0.308. The van der Waals surface area contributed by atoms with E-state index in [9.17, 15) is 0 Å².